The third-order valence-electron chi connectivity index (χ3n) is 5.54. The van der Waals surface area contributed by atoms with Crippen LogP contribution in [-0.4, -0.2) is 49.1 Å². The second-order valence-corrected chi connectivity index (χ2v) is 7.83. The first-order valence-electron chi connectivity index (χ1n) is 10.2. The fourth-order valence-electron chi connectivity index (χ4n) is 3.77. The van der Waals surface area contributed by atoms with E-state index in [4.69, 9.17) is 21.1 Å². The van der Waals surface area contributed by atoms with Gasteiger partial charge >= 0.3 is 0 Å². The lowest BCUT2D eigenvalue weighted by Gasteiger charge is -2.34. The maximum atomic E-state index is 12.7. The molecule has 0 spiro atoms. The van der Waals surface area contributed by atoms with Crippen molar-refractivity contribution >= 4 is 23.4 Å². The van der Waals surface area contributed by atoms with E-state index in [0.717, 1.165) is 32.1 Å². The van der Waals surface area contributed by atoms with Crippen molar-refractivity contribution in [1.82, 2.24) is 10.2 Å². The Labute approximate surface area is 171 Å². The van der Waals surface area contributed by atoms with Gasteiger partial charge in [0.05, 0.1) is 18.2 Å². The molecule has 2 heterocycles. The molecule has 0 atom stereocenters. The zero-order valence-electron chi connectivity index (χ0n) is 16.6. The number of nitrogens with one attached hydrogen (secondary N) is 1. The SMILES string of the molecule is CCC(CC)C(=O)N1CCC(NC(=O)c2cc(Cl)c3c(c2)OCCCO3)CC1. The molecule has 0 unspecified atom stereocenters. The van der Waals surface area contributed by atoms with Gasteiger partial charge in [0.2, 0.25) is 5.91 Å². The van der Waals surface area contributed by atoms with Crippen LogP contribution in [0.2, 0.25) is 5.02 Å². The normalized spacial score (nSPS) is 17.4. The summed E-state index contributed by atoms with van der Waals surface area (Å²) in [6.45, 7) is 6.56. The molecule has 1 aromatic carbocycles. The zero-order valence-corrected chi connectivity index (χ0v) is 17.4. The molecule has 154 valence electrons. The van der Waals surface area contributed by atoms with Crippen molar-refractivity contribution < 1.29 is 19.1 Å². The van der Waals surface area contributed by atoms with E-state index >= 15 is 0 Å². The number of halogens is 1. The molecule has 2 aliphatic rings. The van der Waals surface area contributed by atoms with Crippen molar-refractivity contribution in [2.75, 3.05) is 26.3 Å². The minimum Gasteiger partial charge on any atom is -0.489 e. The smallest absolute Gasteiger partial charge is 0.251 e. The van der Waals surface area contributed by atoms with Crippen molar-refractivity contribution in [1.29, 1.82) is 0 Å². The molecule has 0 saturated carbocycles. The molecule has 2 aliphatic heterocycles. The van der Waals surface area contributed by atoms with Crippen molar-refractivity contribution in [2.24, 2.45) is 5.92 Å². The van der Waals surface area contributed by atoms with Gasteiger partial charge in [-0.15, -0.1) is 0 Å². The molecule has 28 heavy (non-hydrogen) atoms. The molecule has 0 aliphatic carbocycles. The van der Waals surface area contributed by atoms with Crippen molar-refractivity contribution in [3.8, 4) is 11.5 Å². The summed E-state index contributed by atoms with van der Waals surface area (Å²) in [5.74, 6) is 1.19. The van der Waals surface area contributed by atoms with Crippen LogP contribution in [0, 0.1) is 5.92 Å². The summed E-state index contributed by atoms with van der Waals surface area (Å²) in [7, 11) is 0. The Kier molecular flexibility index (Phi) is 7.05. The van der Waals surface area contributed by atoms with Gasteiger partial charge < -0.3 is 19.7 Å². The summed E-state index contributed by atoms with van der Waals surface area (Å²) in [6, 6.07) is 3.36. The molecular weight excluding hydrogens is 380 g/mol. The van der Waals surface area contributed by atoms with E-state index in [9.17, 15) is 9.59 Å². The van der Waals surface area contributed by atoms with E-state index in [0.29, 0.717) is 48.4 Å². The summed E-state index contributed by atoms with van der Waals surface area (Å²) >= 11 is 6.29. The molecule has 1 aromatic rings. The maximum Gasteiger partial charge on any atom is 0.251 e. The summed E-state index contributed by atoms with van der Waals surface area (Å²) < 4.78 is 11.3. The molecule has 2 amide bonds. The number of fused-ring (bicyclic) bond motifs is 1. The first-order chi connectivity index (χ1) is 13.5. The van der Waals surface area contributed by atoms with E-state index in [1.54, 1.807) is 12.1 Å². The third-order valence-corrected chi connectivity index (χ3v) is 5.82. The highest BCUT2D eigenvalue weighted by Crippen LogP contribution is 2.38. The summed E-state index contributed by atoms with van der Waals surface area (Å²) in [5.41, 5.74) is 0.463. The number of hydrogen-bond donors (Lipinski definition) is 1. The lowest BCUT2D eigenvalue weighted by atomic mass is 9.98. The number of likely N-dealkylation sites (tertiary alicyclic amines) is 1. The topological polar surface area (TPSA) is 67.9 Å². The molecule has 1 saturated heterocycles. The molecule has 0 aromatic heterocycles. The van der Waals surface area contributed by atoms with E-state index in [1.807, 2.05) is 4.90 Å². The number of nitrogens with zero attached hydrogens (tertiary/aromatic N) is 1. The second kappa shape index (κ2) is 9.50. The number of piperidine rings is 1. The zero-order chi connectivity index (χ0) is 20.1. The van der Waals surface area contributed by atoms with Crippen LogP contribution in [0.5, 0.6) is 11.5 Å². The average Bonchev–Trinajstić information content (AvgIpc) is 2.95. The molecule has 7 heteroatoms. The first-order valence-corrected chi connectivity index (χ1v) is 10.6. The van der Waals surface area contributed by atoms with Gasteiger partial charge in [-0.3, -0.25) is 9.59 Å². The van der Waals surface area contributed by atoms with Crippen LogP contribution in [0.4, 0.5) is 0 Å². The Balaban J connectivity index is 1.58. The van der Waals surface area contributed by atoms with Gasteiger partial charge in [0.1, 0.15) is 0 Å². The van der Waals surface area contributed by atoms with Crippen molar-refractivity contribution in [2.45, 2.75) is 52.0 Å². The lowest BCUT2D eigenvalue weighted by molar-refractivity contribution is -0.136. The fraction of sp³-hybridized carbons (Fsp3) is 0.619. The minimum absolute atomic E-state index is 0.0491. The van der Waals surface area contributed by atoms with Crippen LogP contribution in [-0.2, 0) is 4.79 Å². The van der Waals surface area contributed by atoms with Crippen LogP contribution in [0.3, 0.4) is 0 Å². The van der Waals surface area contributed by atoms with Gasteiger partial charge in [0, 0.05) is 37.0 Å². The minimum atomic E-state index is -0.178. The average molecular weight is 409 g/mol. The standard InChI is InChI=1S/C21H29ClN2O4/c1-3-14(4-2)21(26)24-8-6-16(7-9-24)23-20(25)15-12-17(22)19-18(13-15)27-10-5-11-28-19/h12-14,16H,3-11H2,1-2H3,(H,23,25). The van der Waals surface area contributed by atoms with Gasteiger partial charge in [-0.25, -0.2) is 0 Å². The molecule has 3 rings (SSSR count). The van der Waals surface area contributed by atoms with Crippen LogP contribution in [0.15, 0.2) is 12.1 Å². The quantitative estimate of drug-likeness (QED) is 0.807. The largest absolute Gasteiger partial charge is 0.489 e. The van der Waals surface area contributed by atoms with E-state index in [1.165, 1.54) is 0 Å². The van der Waals surface area contributed by atoms with Gasteiger partial charge in [-0.05, 0) is 37.8 Å². The molecule has 0 radical (unpaired) electrons. The summed E-state index contributed by atoms with van der Waals surface area (Å²) in [4.78, 5) is 27.2. The fourth-order valence-corrected chi connectivity index (χ4v) is 4.04. The number of hydrogen-bond acceptors (Lipinski definition) is 4. The molecule has 0 bridgehead atoms. The summed E-state index contributed by atoms with van der Waals surface area (Å²) in [5, 5.41) is 3.45. The molecule has 1 fully saturated rings. The maximum absolute atomic E-state index is 12.7. The van der Waals surface area contributed by atoms with Gasteiger partial charge in [-0.2, -0.15) is 0 Å². The number of carbonyl (C=O) groups excluding carboxylic acids is 2. The second-order valence-electron chi connectivity index (χ2n) is 7.42. The van der Waals surface area contributed by atoms with E-state index < -0.39 is 0 Å². The van der Waals surface area contributed by atoms with Gasteiger partial charge in [0.15, 0.2) is 11.5 Å². The van der Waals surface area contributed by atoms with Crippen LogP contribution < -0.4 is 14.8 Å². The summed E-state index contributed by atoms with van der Waals surface area (Å²) in [6.07, 6.45) is 4.04. The predicted molar refractivity (Wildman–Crippen MR) is 108 cm³/mol. The van der Waals surface area contributed by atoms with Gasteiger partial charge in [-0.1, -0.05) is 25.4 Å². The van der Waals surface area contributed by atoms with E-state index in [2.05, 4.69) is 19.2 Å². The molecular formula is C21H29ClN2O4. The Morgan fingerprint density at radius 2 is 1.86 bits per heavy atom. The number of ether oxygens (including phenoxy) is 2. The highest BCUT2D eigenvalue weighted by atomic mass is 35.5. The van der Waals surface area contributed by atoms with Crippen LogP contribution >= 0.6 is 11.6 Å². The predicted octanol–water partition coefficient (Wildman–Crippen LogP) is 3.66. The monoisotopic (exact) mass is 408 g/mol. The Bertz CT molecular complexity index is 713. The lowest BCUT2D eigenvalue weighted by Crippen LogP contribution is -2.48. The molecule has 6 nitrogen and oxygen atoms in total. The van der Waals surface area contributed by atoms with Crippen molar-refractivity contribution in [3.05, 3.63) is 22.7 Å². The number of carbonyl (C=O) groups is 2. The highest BCUT2D eigenvalue weighted by molar-refractivity contribution is 6.32. The van der Waals surface area contributed by atoms with Gasteiger partial charge in [0.25, 0.3) is 5.91 Å². The Hall–Kier alpha value is -1.95. The number of amides is 2. The third kappa shape index (κ3) is 4.72. The number of benzene rings is 1. The number of rotatable bonds is 5. The highest BCUT2D eigenvalue weighted by Gasteiger charge is 2.28. The Morgan fingerprint density at radius 1 is 1.18 bits per heavy atom. The van der Waals surface area contributed by atoms with Crippen molar-refractivity contribution in [3.63, 3.8) is 0 Å². The molecule has 1 N–H and O–H groups in total. The van der Waals surface area contributed by atoms with E-state index in [-0.39, 0.29) is 23.8 Å². The first kappa shape index (κ1) is 20.8. The van der Waals surface area contributed by atoms with Crippen LogP contribution in [0.1, 0.15) is 56.3 Å². The van der Waals surface area contributed by atoms with Crippen LogP contribution in [0.25, 0.3) is 0 Å². The Morgan fingerprint density at radius 3 is 2.54 bits per heavy atom.